The van der Waals surface area contributed by atoms with Gasteiger partial charge in [-0.25, -0.2) is 4.90 Å². The number of rotatable bonds is 3. The zero-order valence-electron chi connectivity index (χ0n) is 17.4. The van der Waals surface area contributed by atoms with Gasteiger partial charge in [0, 0.05) is 11.3 Å². The first kappa shape index (κ1) is 19.6. The van der Waals surface area contributed by atoms with Crippen molar-refractivity contribution >= 4 is 29.1 Å². The minimum absolute atomic E-state index is 0.245. The Labute approximate surface area is 175 Å². The van der Waals surface area contributed by atoms with Gasteiger partial charge in [-0.15, -0.1) is 0 Å². The van der Waals surface area contributed by atoms with E-state index in [0.717, 1.165) is 27.9 Å². The van der Waals surface area contributed by atoms with Crippen molar-refractivity contribution < 1.29 is 14.4 Å². The zero-order valence-corrected chi connectivity index (χ0v) is 17.4. The van der Waals surface area contributed by atoms with E-state index in [1.54, 1.807) is 12.1 Å². The van der Waals surface area contributed by atoms with Crippen molar-refractivity contribution in [1.82, 2.24) is 0 Å². The minimum Gasteiger partial charge on any atom is -0.322 e. The molecule has 1 heterocycles. The van der Waals surface area contributed by atoms with Crippen molar-refractivity contribution in [3.63, 3.8) is 0 Å². The molecule has 5 heteroatoms. The number of fused-ring (bicyclic) bond motifs is 1. The van der Waals surface area contributed by atoms with Gasteiger partial charge >= 0.3 is 0 Å². The Morgan fingerprint density at radius 1 is 0.800 bits per heavy atom. The van der Waals surface area contributed by atoms with Gasteiger partial charge in [-0.2, -0.15) is 0 Å². The summed E-state index contributed by atoms with van der Waals surface area (Å²) < 4.78 is 0. The van der Waals surface area contributed by atoms with Crippen molar-refractivity contribution in [2.45, 2.75) is 27.7 Å². The zero-order chi connectivity index (χ0) is 21.6. The third-order valence-electron chi connectivity index (χ3n) is 5.61. The maximum Gasteiger partial charge on any atom is 0.266 e. The van der Waals surface area contributed by atoms with E-state index in [1.807, 2.05) is 64.1 Å². The van der Waals surface area contributed by atoms with Gasteiger partial charge in [-0.3, -0.25) is 14.4 Å². The van der Waals surface area contributed by atoms with Crippen molar-refractivity contribution in [3.8, 4) is 0 Å². The highest BCUT2D eigenvalue weighted by Gasteiger charge is 2.37. The Morgan fingerprint density at radius 3 is 2.30 bits per heavy atom. The topological polar surface area (TPSA) is 66.5 Å². The van der Waals surface area contributed by atoms with Crippen LogP contribution in [0.4, 0.5) is 11.4 Å². The number of anilines is 2. The van der Waals surface area contributed by atoms with Crippen LogP contribution in [-0.2, 0) is 0 Å². The van der Waals surface area contributed by atoms with E-state index in [4.69, 9.17) is 0 Å². The number of nitrogens with one attached hydrogen (secondary N) is 1. The Kier molecular flexibility index (Phi) is 4.74. The number of nitrogens with zero attached hydrogens (tertiary/aromatic N) is 1. The number of amides is 3. The van der Waals surface area contributed by atoms with E-state index >= 15 is 0 Å². The molecule has 4 rings (SSSR count). The van der Waals surface area contributed by atoms with Gasteiger partial charge in [-0.05, 0) is 80.3 Å². The van der Waals surface area contributed by atoms with Gasteiger partial charge in [0.15, 0.2) is 0 Å². The van der Waals surface area contributed by atoms with Crippen molar-refractivity contribution in [3.05, 3.63) is 93.5 Å². The predicted octanol–water partition coefficient (Wildman–Crippen LogP) is 4.97. The van der Waals surface area contributed by atoms with Crippen molar-refractivity contribution in [2.24, 2.45) is 0 Å². The van der Waals surface area contributed by atoms with Crippen LogP contribution in [0.2, 0.25) is 0 Å². The number of hydrogen-bond donors (Lipinski definition) is 1. The van der Waals surface area contributed by atoms with Gasteiger partial charge in [0.25, 0.3) is 17.7 Å². The molecule has 0 fully saturated rings. The third-order valence-corrected chi connectivity index (χ3v) is 5.61. The maximum atomic E-state index is 13.1. The average molecular weight is 398 g/mol. The number of hydrogen-bond acceptors (Lipinski definition) is 3. The lowest BCUT2D eigenvalue weighted by Gasteiger charge is -2.17. The molecule has 0 bridgehead atoms. The van der Waals surface area contributed by atoms with Crippen LogP contribution in [0.3, 0.4) is 0 Å². The molecule has 3 aromatic carbocycles. The highest BCUT2D eigenvalue weighted by Crippen LogP contribution is 2.32. The molecule has 0 atom stereocenters. The number of imide groups is 1. The lowest BCUT2D eigenvalue weighted by Crippen LogP contribution is -2.30. The number of aryl methyl sites for hydroxylation is 3. The Bertz CT molecular complexity index is 1230. The molecule has 0 saturated heterocycles. The predicted molar refractivity (Wildman–Crippen MR) is 117 cm³/mol. The lowest BCUT2D eigenvalue weighted by molar-refractivity contribution is 0.0925. The van der Waals surface area contributed by atoms with E-state index in [2.05, 4.69) is 5.32 Å². The van der Waals surface area contributed by atoms with E-state index in [0.29, 0.717) is 16.8 Å². The standard InChI is InChI=1S/C25H22N2O3/c1-14-8-9-16(3)22(12-14)27-24(29)19-11-10-18(13-20(19)25(27)30)23(28)26-21-7-5-6-15(2)17(21)4/h5-13H,1-4H3,(H,26,28). The fourth-order valence-electron chi connectivity index (χ4n) is 3.64. The van der Waals surface area contributed by atoms with E-state index in [1.165, 1.54) is 11.0 Å². The maximum absolute atomic E-state index is 13.1. The first-order valence-corrected chi connectivity index (χ1v) is 9.75. The molecule has 30 heavy (non-hydrogen) atoms. The van der Waals surface area contributed by atoms with Crippen molar-refractivity contribution in [2.75, 3.05) is 10.2 Å². The van der Waals surface area contributed by atoms with Gasteiger partial charge in [0.05, 0.1) is 16.8 Å². The van der Waals surface area contributed by atoms with Crippen LogP contribution in [0.25, 0.3) is 0 Å². The van der Waals surface area contributed by atoms with Crippen molar-refractivity contribution in [1.29, 1.82) is 0 Å². The second-order valence-corrected chi connectivity index (χ2v) is 7.70. The molecule has 1 aliphatic heterocycles. The summed E-state index contributed by atoms with van der Waals surface area (Å²) in [4.78, 5) is 40.0. The lowest BCUT2D eigenvalue weighted by atomic mass is 10.0. The SMILES string of the molecule is Cc1ccc(C)c(N2C(=O)c3ccc(C(=O)Nc4cccc(C)c4C)cc3C2=O)c1. The molecule has 0 aromatic heterocycles. The Balaban J connectivity index is 1.67. The summed E-state index contributed by atoms with van der Waals surface area (Å²) in [5, 5.41) is 2.90. The van der Waals surface area contributed by atoms with Crippen LogP contribution < -0.4 is 10.2 Å². The van der Waals surface area contributed by atoms with Crippen LogP contribution in [0.5, 0.6) is 0 Å². The quantitative estimate of drug-likeness (QED) is 0.633. The first-order chi connectivity index (χ1) is 14.3. The molecule has 1 N–H and O–H groups in total. The van der Waals surface area contributed by atoms with Crippen LogP contribution >= 0.6 is 0 Å². The summed E-state index contributed by atoms with van der Waals surface area (Å²) >= 11 is 0. The second kappa shape index (κ2) is 7.26. The first-order valence-electron chi connectivity index (χ1n) is 9.75. The van der Waals surface area contributed by atoms with Crippen LogP contribution in [-0.4, -0.2) is 17.7 Å². The molecule has 0 aliphatic carbocycles. The highest BCUT2D eigenvalue weighted by molar-refractivity contribution is 6.35. The van der Waals surface area contributed by atoms with Crippen LogP contribution in [0.15, 0.2) is 54.6 Å². The molecule has 5 nitrogen and oxygen atoms in total. The summed E-state index contributed by atoms with van der Waals surface area (Å²) in [5.74, 6) is -1.10. The molecule has 1 aliphatic rings. The molecule has 0 saturated carbocycles. The number of carbonyl (C=O) groups excluding carboxylic acids is 3. The monoisotopic (exact) mass is 398 g/mol. The third kappa shape index (κ3) is 3.18. The van der Waals surface area contributed by atoms with Gasteiger partial charge < -0.3 is 5.32 Å². The average Bonchev–Trinajstić information content (AvgIpc) is 2.97. The van der Waals surface area contributed by atoms with Crippen LogP contribution in [0.1, 0.15) is 53.3 Å². The smallest absolute Gasteiger partial charge is 0.266 e. The normalized spacial score (nSPS) is 12.9. The van der Waals surface area contributed by atoms with Gasteiger partial charge in [0.2, 0.25) is 0 Å². The molecule has 3 amide bonds. The van der Waals surface area contributed by atoms with Gasteiger partial charge in [-0.1, -0.05) is 24.3 Å². The Morgan fingerprint density at radius 2 is 1.53 bits per heavy atom. The van der Waals surface area contributed by atoms with E-state index in [9.17, 15) is 14.4 Å². The molecule has 0 radical (unpaired) electrons. The number of benzene rings is 3. The van der Waals surface area contributed by atoms with Crippen LogP contribution in [0, 0.1) is 27.7 Å². The fourth-order valence-corrected chi connectivity index (χ4v) is 3.64. The largest absolute Gasteiger partial charge is 0.322 e. The molecule has 150 valence electrons. The summed E-state index contributed by atoms with van der Waals surface area (Å²) in [5.41, 5.74) is 6.04. The summed E-state index contributed by atoms with van der Waals surface area (Å²) in [6, 6.07) is 16.0. The summed E-state index contributed by atoms with van der Waals surface area (Å²) in [6.45, 7) is 7.70. The molecule has 3 aromatic rings. The number of carbonyl (C=O) groups is 3. The Hall–Kier alpha value is -3.73. The summed E-state index contributed by atoms with van der Waals surface area (Å²) in [7, 11) is 0. The van der Waals surface area contributed by atoms with E-state index in [-0.39, 0.29) is 17.4 Å². The highest BCUT2D eigenvalue weighted by atomic mass is 16.2. The fraction of sp³-hybridized carbons (Fsp3) is 0.160. The molecule has 0 spiro atoms. The van der Waals surface area contributed by atoms with Gasteiger partial charge in [0.1, 0.15) is 0 Å². The summed E-state index contributed by atoms with van der Waals surface area (Å²) in [6.07, 6.45) is 0. The van der Waals surface area contributed by atoms with E-state index < -0.39 is 5.91 Å². The molecule has 0 unspecified atom stereocenters. The molecular weight excluding hydrogens is 376 g/mol. The minimum atomic E-state index is -0.412. The second-order valence-electron chi connectivity index (χ2n) is 7.70. The molecular formula is C25H22N2O3.